The van der Waals surface area contributed by atoms with Gasteiger partial charge in [0.1, 0.15) is 5.75 Å². The highest BCUT2D eigenvalue weighted by Gasteiger charge is 2.12. The van der Waals surface area contributed by atoms with Crippen LogP contribution in [-0.4, -0.2) is 30.2 Å². The summed E-state index contributed by atoms with van der Waals surface area (Å²) in [5.74, 6) is -1.38. The number of nitrogens with one attached hydrogen (secondary N) is 1. The SMILES string of the molecule is CC(=O)Nc1ccc(C(=O)OCC(=O)c2ccc(OC(C)=O)cc2)cc1. The van der Waals surface area contributed by atoms with Gasteiger partial charge in [0.25, 0.3) is 0 Å². The number of anilines is 1. The third-order valence-electron chi connectivity index (χ3n) is 3.21. The number of carbonyl (C=O) groups excluding carboxylic acids is 4. The van der Waals surface area contributed by atoms with E-state index in [4.69, 9.17) is 9.47 Å². The molecule has 7 heteroatoms. The molecule has 7 nitrogen and oxygen atoms in total. The minimum atomic E-state index is -0.649. The molecule has 1 amide bonds. The molecule has 0 spiro atoms. The van der Waals surface area contributed by atoms with E-state index < -0.39 is 18.5 Å². The molecular formula is C19H17NO6. The summed E-state index contributed by atoms with van der Waals surface area (Å²) in [6, 6.07) is 12.0. The second-order valence-corrected chi connectivity index (χ2v) is 5.38. The first-order chi connectivity index (χ1) is 12.3. The van der Waals surface area contributed by atoms with Gasteiger partial charge in [0, 0.05) is 25.1 Å². The molecule has 0 aliphatic rings. The zero-order valence-corrected chi connectivity index (χ0v) is 14.3. The van der Waals surface area contributed by atoms with Gasteiger partial charge in [0.05, 0.1) is 5.56 Å². The van der Waals surface area contributed by atoms with Gasteiger partial charge in [0.2, 0.25) is 5.91 Å². The summed E-state index contributed by atoms with van der Waals surface area (Å²) in [7, 11) is 0. The number of amides is 1. The summed E-state index contributed by atoms with van der Waals surface area (Å²) in [6.07, 6.45) is 0. The van der Waals surface area contributed by atoms with Crippen molar-refractivity contribution in [1.29, 1.82) is 0 Å². The Bertz CT molecular complexity index is 753. The average molecular weight is 355 g/mol. The van der Waals surface area contributed by atoms with Crippen LogP contribution < -0.4 is 10.1 Å². The van der Waals surface area contributed by atoms with Gasteiger partial charge in [-0.15, -0.1) is 0 Å². The highest BCUT2D eigenvalue weighted by Crippen LogP contribution is 2.14. The average Bonchev–Trinajstić information content (AvgIpc) is 2.59. The van der Waals surface area contributed by atoms with Crippen molar-refractivity contribution in [2.45, 2.75) is 13.8 Å². The van der Waals surface area contributed by atoms with E-state index >= 15 is 0 Å². The summed E-state index contributed by atoms with van der Waals surface area (Å²) in [6.45, 7) is 2.24. The van der Waals surface area contributed by atoms with Crippen molar-refractivity contribution >= 4 is 29.3 Å². The second-order valence-electron chi connectivity index (χ2n) is 5.38. The molecule has 134 valence electrons. The zero-order chi connectivity index (χ0) is 19.1. The van der Waals surface area contributed by atoms with Crippen molar-refractivity contribution in [2.75, 3.05) is 11.9 Å². The molecule has 26 heavy (non-hydrogen) atoms. The minimum Gasteiger partial charge on any atom is -0.454 e. The van der Waals surface area contributed by atoms with Crippen molar-refractivity contribution < 1.29 is 28.7 Å². The normalized spacial score (nSPS) is 9.92. The van der Waals surface area contributed by atoms with Crippen LogP contribution in [-0.2, 0) is 14.3 Å². The lowest BCUT2D eigenvalue weighted by Gasteiger charge is -2.06. The van der Waals surface area contributed by atoms with E-state index in [0.29, 0.717) is 17.0 Å². The van der Waals surface area contributed by atoms with E-state index in [0.717, 1.165) is 0 Å². The van der Waals surface area contributed by atoms with Gasteiger partial charge in [-0.3, -0.25) is 14.4 Å². The number of esters is 2. The molecule has 0 saturated carbocycles. The summed E-state index contributed by atoms with van der Waals surface area (Å²) in [4.78, 5) is 45.8. The fraction of sp³-hybridized carbons (Fsp3) is 0.158. The van der Waals surface area contributed by atoms with Crippen molar-refractivity contribution in [3.05, 3.63) is 59.7 Å². The maximum atomic E-state index is 12.1. The molecule has 0 aromatic heterocycles. The standard InChI is InChI=1S/C19H17NO6/c1-12(21)20-16-7-3-15(4-8-16)19(24)25-11-18(23)14-5-9-17(10-6-14)26-13(2)22/h3-10H,11H2,1-2H3,(H,20,21). The van der Waals surface area contributed by atoms with Crippen LogP contribution in [0.2, 0.25) is 0 Å². The predicted octanol–water partition coefficient (Wildman–Crippen LogP) is 2.61. The monoisotopic (exact) mass is 355 g/mol. The van der Waals surface area contributed by atoms with E-state index in [1.165, 1.54) is 50.2 Å². The first-order valence-electron chi connectivity index (χ1n) is 7.71. The number of carbonyl (C=O) groups is 4. The molecule has 0 radical (unpaired) electrons. The van der Waals surface area contributed by atoms with Crippen molar-refractivity contribution in [3.8, 4) is 5.75 Å². The molecule has 0 heterocycles. The van der Waals surface area contributed by atoms with E-state index in [1.807, 2.05) is 0 Å². The molecule has 1 N–H and O–H groups in total. The molecule has 0 fully saturated rings. The first kappa shape index (κ1) is 18.9. The lowest BCUT2D eigenvalue weighted by Crippen LogP contribution is -2.14. The smallest absolute Gasteiger partial charge is 0.338 e. The number of hydrogen-bond acceptors (Lipinski definition) is 6. The number of benzene rings is 2. The fourth-order valence-corrected chi connectivity index (χ4v) is 2.07. The Morgan fingerprint density at radius 1 is 0.846 bits per heavy atom. The molecule has 0 atom stereocenters. The van der Waals surface area contributed by atoms with Gasteiger partial charge in [-0.2, -0.15) is 0 Å². The maximum Gasteiger partial charge on any atom is 0.338 e. The van der Waals surface area contributed by atoms with Crippen LogP contribution in [0.1, 0.15) is 34.6 Å². The molecule has 0 unspecified atom stereocenters. The Hall–Kier alpha value is -3.48. The van der Waals surface area contributed by atoms with Crippen LogP contribution in [0.4, 0.5) is 5.69 Å². The molecule has 2 rings (SSSR count). The van der Waals surface area contributed by atoms with Crippen LogP contribution in [0.15, 0.2) is 48.5 Å². The number of Topliss-reactive ketones (excluding diaryl/α,β-unsaturated/α-hetero) is 1. The highest BCUT2D eigenvalue weighted by molar-refractivity contribution is 5.99. The Morgan fingerprint density at radius 2 is 1.42 bits per heavy atom. The van der Waals surface area contributed by atoms with E-state index in [9.17, 15) is 19.2 Å². The van der Waals surface area contributed by atoms with Crippen LogP contribution in [0.3, 0.4) is 0 Å². The van der Waals surface area contributed by atoms with E-state index in [-0.39, 0.29) is 17.3 Å². The van der Waals surface area contributed by atoms with E-state index in [1.54, 1.807) is 12.1 Å². The van der Waals surface area contributed by atoms with Gasteiger partial charge in [-0.25, -0.2) is 4.79 Å². The first-order valence-corrected chi connectivity index (χ1v) is 7.71. The van der Waals surface area contributed by atoms with Crippen molar-refractivity contribution in [2.24, 2.45) is 0 Å². The lowest BCUT2D eigenvalue weighted by atomic mass is 10.1. The van der Waals surface area contributed by atoms with E-state index in [2.05, 4.69) is 5.32 Å². The molecule has 2 aromatic carbocycles. The number of hydrogen-bond donors (Lipinski definition) is 1. The van der Waals surface area contributed by atoms with Crippen LogP contribution in [0, 0.1) is 0 Å². The Balaban J connectivity index is 1.90. The van der Waals surface area contributed by atoms with Gasteiger partial charge < -0.3 is 14.8 Å². The topological polar surface area (TPSA) is 98.8 Å². The van der Waals surface area contributed by atoms with Crippen molar-refractivity contribution in [1.82, 2.24) is 0 Å². The van der Waals surface area contributed by atoms with Crippen LogP contribution in [0.5, 0.6) is 5.75 Å². The van der Waals surface area contributed by atoms with Gasteiger partial charge >= 0.3 is 11.9 Å². The lowest BCUT2D eigenvalue weighted by molar-refractivity contribution is -0.131. The second kappa shape index (κ2) is 8.57. The predicted molar refractivity (Wildman–Crippen MR) is 93.1 cm³/mol. The summed E-state index contributed by atoms with van der Waals surface area (Å²) in [5.41, 5.74) is 1.14. The largest absolute Gasteiger partial charge is 0.454 e. The maximum absolute atomic E-state index is 12.1. The number of ketones is 1. The van der Waals surface area contributed by atoms with Gasteiger partial charge in [-0.1, -0.05) is 0 Å². The fourth-order valence-electron chi connectivity index (χ4n) is 2.07. The summed E-state index contributed by atoms with van der Waals surface area (Å²) < 4.78 is 9.88. The Morgan fingerprint density at radius 3 is 1.96 bits per heavy atom. The molecule has 0 aliphatic heterocycles. The molecule has 2 aromatic rings. The van der Waals surface area contributed by atoms with Gasteiger partial charge in [0.15, 0.2) is 12.4 Å². The molecule has 0 aliphatic carbocycles. The number of ether oxygens (including phenoxy) is 2. The molecule has 0 saturated heterocycles. The van der Waals surface area contributed by atoms with Crippen molar-refractivity contribution in [3.63, 3.8) is 0 Å². The third kappa shape index (κ3) is 5.55. The highest BCUT2D eigenvalue weighted by atomic mass is 16.5. The quantitative estimate of drug-likeness (QED) is 0.486. The Labute approximate surface area is 149 Å². The molecule has 0 bridgehead atoms. The van der Waals surface area contributed by atoms with Crippen LogP contribution >= 0.6 is 0 Å². The van der Waals surface area contributed by atoms with Gasteiger partial charge in [-0.05, 0) is 48.5 Å². The zero-order valence-electron chi connectivity index (χ0n) is 14.3. The summed E-state index contributed by atoms with van der Waals surface area (Å²) in [5, 5.41) is 2.58. The third-order valence-corrected chi connectivity index (χ3v) is 3.21. The molecular weight excluding hydrogens is 338 g/mol. The Kier molecular flexibility index (Phi) is 6.21. The summed E-state index contributed by atoms with van der Waals surface area (Å²) >= 11 is 0. The minimum absolute atomic E-state index is 0.217. The van der Waals surface area contributed by atoms with Crippen LogP contribution in [0.25, 0.3) is 0 Å². The number of rotatable bonds is 6.